The van der Waals surface area contributed by atoms with Crippen molar-refractivity contribution in [3.8, 4) is 0 Å². The van der Waals surface area contributed by atoms with E-state index in [1.165, 1.54) is 28.6 Å². The highest BCUT2D eigenvalue weighted by molar-refractivity contribution is 7.92. The van der Waals surface area contributed by atoms with Crippen LogP contribution in [-0.2, 0) is 24.8 Å². The average molecular weight is 514 g/mol. The first kappa shape index (κ1) is 25.5. The standard InChI is InChI=1S/C22H28ClN3O5S2/c1-3-21(26(32(2,28)29)19-11-7-17(23)8-12-19)22(27)24-18-9-13-20(14-10-18)33(30,31)25-15-5-4-6-16-25/h7-14,21H,3-6,15-16H2,1-2H3,(H,24,27). The molecule has 1 unspecified atom stereocenters. The smallest absolute Gasteiger partial charge is 0.248 e. The Balaban J connectivity index is 1.80. The van der Waals surface area contributed by atoms with Crippen LogP contribution in [0.15, 0.2) is 53.4 Å². The van der Waals surface area contributed by atoms with Crippen LogP contribution in [0.5, 0.6) is 0 Å². The minimum atomic E-state index is -3.77. The Labute approximate surface area is 200 Å². The van der Waals surface area contributed by atoms with Gasteiger partial charge in [-0.25, -0.2) is 16.8 Å². The summed E-state index contributed by atoms with van der Waals surface area (Å²) >= 11 is 5.92. The van der Waals surface area contributed by atoms with Gasteiger partial charge in [-0.2, -0.15) is 4.31 Å². The summed E-state index contributed by atoms with van der Waals surface area (Å²) in [7, 11) is -7.35. The van der Waals surface area contributed by atoms with Crippen molar-refractivity contribution in [3.05, 3.63) is 53.6 Å². The molecule has 0 radical (unpaired) electrons. The minimum Gasteiger partial charge on any atom is -0.324 e. The molecule has 1 amide bonds. The number of rotatable bonds is 8. The van der Waals surface area contributed by atoms with Gasteiger partial charge in [0.15, 0.2) is 0 Å². The van der Waals surface area contributed by atoms with E-state index in [-0.39, 0.29) is 11.3 Å². The largest absolute Gasteiger partial charge is 0.324 e. The summed E-state index contributed by atoms with van der Waals surface area (Å²) in [5, 5.41) is 3.15. The van der Waals surface area contributed by atoms with Gasteiger partial charge in [-0.3, -0.25) is 9.10 Å². The van der Waals surface area contributed by atoms with Crippen molar-refractivity contribution in [1.82, 2.24) is 4.31 Å². The van der Waals surface area contributed by atoms with Crippen LogP contribution in [0.25, 0.3) is 0 Å². The van der Waals surface area contributed by atoms with Gasteiger partial charge < -0.3 is 5.32 Å². The number of anilines is 2. The zero-order valence-electron chi connectivity index (χ0n) is 18.6. The molecule has 180 valence electrons. The lowest BCUT2D eigenvalue weighted by Crippen LogP contribution is -2.47. The summed E-state index contributed by atoms with van der Waals surface area (Å²) in [5.74, 6) is -0.524. The number of carbonyl (C=O) groups excluding carboxylic acids is 1. The quantitative estimate of drug-likeness (QED) is 0.579. The lowest BCUT2D eigenvalue weighted by molar-refractivity contribution is -0.117. The highest BCUT2D eigenvalue weighted by Gasteiger charge is 2.32. The fraction of sp³-hybridized carbons (Fsp3) is 0.409. The molecule has 0 aliphatic carbocycles. The Morgan fingerprint density at radius 1 is 1.00 bits per heavy atom. The predicted octanol–water partition coefficient (Wildman–Crippen LogP) is 3.70. The third kappa shape index (κ3) is 6.06. The number of sulfonamides is 2. The Kier molecular flexibility index (Phi) is 8.04. The number of halogens is 1. The van der Waals surface area contributed by atoms with Crippen molar-refractivity contribution in [2.24, 2.45) is 0 Å². The molecule has 1 N–H and O–H groups in total. The molecular weight excluding hydrogens is 486 g/mol. The Hall–Kier alpha value is -2.14. The van der Waals surface area contributed by atoms with E-state index < -0.39 is 32.0 Å². The average Bonchev–Trinajstić information content (AvgIpc) is 2.78. The number of hydrogen-bond acceptors (Lipinski definition) is 5. The maximum absolute atomic E-state index is 13.0. The third-order valence-electron chi connectivity index (χ3n) is 5.49. The molecule has 2 aromatic rings. The van der Waals surface area contributed by atoms with Gasteiger partial charge in [0.05, 0.1) is 16.8 Å². The van der Waals surface area contributed by atoms with Gasteiger partial charge in [-0.1, -0.05) is 24.9 Å². The minimum absolute atomic E-state index is 0.161. The number of carbonyl (C=O) groups is 1. The summed E-state index contributed by atoms with van der Waals surface area (Å²) in [6, 6.07) is 11.1. The molecule has 1 saturated heterocycles. The first-order valence-electron chi connectivity index (χ1n) is 10.7. The Bertz CT molecular complexity index is 1180. The maximum atomic E-state index is 13.0. The first-order valence-corrected chi connectivity index (χ1v) is 14.4. The van der Waals surface area contributed by atoms with Gasteiger partial charge in [0.25, 0.3) is 0 Å². The van der Waals surface area contributed by atoms with E-state index >= 15 is 0 Å². The van der Waals surface area contributed by atoms with Gasteiger partial charge in [0.1, 0.15) is 6.04 Å². The molecule has 1 aliphatic rings. The molecule has 3 rings (SSSR count). The van der Waals surface area contributed by atoms with Gasteiger partial charge in [0, 0.05) is 23.8 Å². The molecule has 2 aromatic carbocycles. The van der Waals surface area contributed by atoms with Crippen LogP contribution < -0.4 is 9.62 Å². The van der Waals surface area contributed by atoms with Crippen LogP contribution in [-0.4, -0.2) is 52.4 Å². The second-order valence-corrected chi connectivity index (χ2v) is 12.2. The van der Waals surface area contributed by atoms with E-state index in [9.17, 15) is 21.6 Å². The van der Waals surface area contributed by atoms with Crippen molar-refractivity contribution in [2.75, 3.05) is 29.0 Å². The SMILES string of the molecule is CCC(C(=O)Nc1ccc(S(=O)(=O)N2CCCCC2)cc1)N(c1ccc(Cl)cc1)S(C)(=O)=O. The fourth-order valence-corrected chi connectivity index (χ4v) is 6.69. The van der Waals surface area contributed by atoms with E-state index in [4.69, 9.17) is 11.6 Å². The molecule has 1 aliphatic heterocycles. The monoisotopic (exact) mass is 513 g/mol. The molecule has 0 aromatic heterocycles. The zero-order chi connectivity index (χ0) is 24.2. The van der Waals surface area contributed by atoms with Crippen LogP contribution >= 0.6 is 11.6 Å². The number of benzene rings is 2. The van der Waals surface area contributed by atoms with E-state index in [2.05, 4.69) is 5.32 Å². The Morgan fingerprint density at radius 2 is 1.58 bits per heavy atom. The molecule has 11 heteroatoms. The van der Waals surface area contributed by atoms with Gasteiger partial charge >= 0.3 is 0 Å². The lowest BCUT2D eigenvalue weighted by Gasteiger charge is -2.30. The van der Waals surface area contributed by atoms with Crippen molar-refractivity contribution < 1.29 is 21.6 Å². The second kappa shape index (κ2) is 10.4. The van der Waals surface area contributed by atoms with E-state index in [1.807, 2.05) is 0 Å². The normalized spacial score (nSPS) is 16.2. The summed E-state index contributed by atoms with van der Waals surface area (Å²) in [6.07, 6.45) is 3.98. The molecule has 0 spiro atoms. The van der Waals surface area contributed by atoms with Gasteiger partial charge in [-0.05, 0) is 67.8 Å². The molecule has 33 heavy (non-hydrogen) atoms. The fourth-order valence-electron chi connectivity index (χ4n) is 3.84. The van der Waals surface area contributed by atoms with Crippen LogP contribution in [0.1, 0.15) is 32.6 Å². The topological polar surface area (TPSA) is 104 Å². The van der Waals surface area contributed by atoms with Crippen LogP contribution in [0.2, 0.25) is 5.02 Å². The summed E-state index contributed by atoms with van der Waals surface area (Å²) < 4.78 is 53.2. The van der Waals surface area contributed by atoms with Gasteiger partial charge in [0.2, 0.25) is 26.0 Å². The summed E-state index contributed by atoms with van der Waals surface area (Å²) in [6.45, 7) is 2.72. The molecule has 8 nitrogen and oxygen atoms in total. The van der Waals surface area contributed by atoms with Crippen LogP contribution in [0, 0.1) is 0 Å². The summed E-state index contributed by atoms with van der Waals surface area (Å²) in [5.41, 5.74) is 0.701. The summed E-state index contributed by atoms with van der Waals surface area (Å²) in [4.78, 5) is 13.2. The van der Waals surface area contributed by atoms with Crippen molar-refractivity contribution in [2.45, 2.75) is 43.5 Å². The van der Waals surface area contributed by atoms with E-state index in [0.29, 0.717) is 29.5 Å². The highest BCUT2D eigenvalue weighted by atomic mass is 35.5. The van der Waals surface area contributed by atoms with Gasteiger partial charge in [-0.15, -0.1) is 0 Å². The zero-order valence-corrected chi connectivity index (χ0v) is 21.0. The number of amides is 1. The van der Waals surface area contributed by atoms with Crippen molar-refractivity contribution >= 4 is 48.9 Å². The molecule has 0 saturated carbocycles. The Morgan fingerprint density at radius 3 is 2.09 bits per heavy atom. The van der Waals surface area contributed by atoms with Crippen molar-refractivity contribution in [3.63, 3.8) is 0 Å². The lowest BCUT2D eigenvalue weighted by atomic mass is 10.2. The van der Waals surface area contributed by atoms with Crippen molar-refractivity contribution in [1.29, 1.82) is 0 Å². The number of piperidine rings is 1. The third-order valence-corrected chi connectivity index (χ3v) is 8.83. The molecular formula is C22H28ClN3O5S2. The predicted molar refractivity (Wildman–Crippen MR) is 131 cm³/mol. The molecule has 1 fully saturated rings. The molecule has 0 bridgehead atoms. The molecule has 1 atom stereocenters. The van der Waals surface area contributed by atoms with E-state index in [0.717, 1.165) is 29.8 Å². The van der Waals surface area contributed by atoms with Crippen LogP contribution in [0.3, 0.4) is 0 Å². The number of nitrogens with zero attached hydrogens (tertiary/aromatic N) is 2. The number of nitrogens with one attached hydrogen (secondary N) is 1. The first-order chi connectivity index (χ1) is 15.5. The second-order valence-electron chi connectivity index (χ2n) is 7.94. The highest BCUT2D eigenvalue weighted by Crippen LogP contribution is 2.26. The van der Waals surface area contributed by atoms with Crippen LogP contribution in [0.4, 0.5) is 11.4 Å². The van der Waals surface area contributed by atoms with E-state index in [1.54, 1.807) is 31.2 Å². The molecule has 1 heterocycles. The maximum Gasteiger partial charge on any atom is 0.248 e. The number of hydrogen-bond donors (Lipinski definition) is 1.